The third-order valence-corrected chi connectivity index (χ3v) is 4.01. The van der Waals surface area contributed by atoms with E-state index in [1.807, 2.05) is 45.9 Å². The van der Waals surface area contributed by atoms with Crippen LogP contribution in [-0.4, -0.2) is 55.3 Å². The average molecular weight is 348 g/mol. The number of anilines is 1. The maximum absolute atomic E-state index is 12.1. The highest BCUT2D eigenvalue weighted by Crippen LogP contribution is 2.22. The number of carbonyl (C=O) groups excluding carboxylic acids is 2. The van der Waals surface area contributed by atoms with Crippen molar-refractivity contribution in [3.63, 3.8) is 0 Å². The molecule has 0 unspecified atom stereocenters. The minimum Gasteiger partial charge on any atom is -0.462 e. The lowest BCUT2D eigenvalue weighted by Gasteiger charge is -2.37. The van der Waals surface area contributed by atoms with E-state index in [0.717, 1.165) is 11.3 Å². The minimum atomic E-state index is -0.486. The Kier molecular flexibility index (Phi) is 5.93. The van der Waals surface area contributed by atoms with E-state index < -0.39 is 5.60 Å². The Balaban J connectivity index is 2.02. The maximum atomic E-state index is 12.1. The molecule has 0 spiro atoms. The third-order valence-electron chi connectivity index (χ3n) is 4.01. The van der Waals surface area contributed by atoms with E-state index in [4.69, 9.17) is 9.47 Å². The fourth-order valence-corrected chi connectivity index (χ4v) is 2.71. The second kappa shape index (κ2) is 7.76. The van der Waals surface area contributed by atoms with Crippen molar-refractivity contribution in [2.24, 2.45) is 0 Å². The van der Waals surface area contributed by atoms with Gasteiger partial charge in [0.15, 0.2) is 0 Å². The maximum Gasteiger partial charge on any atom is 0.410 e. The van der Waals surface area contributed by atoms with Crippen LogP contribution in [0.5, 0.6) is 0 Å². The lowest BCUT2D eigenvalue weighted by atomic mass is 10.1. The van der Waals surface area contributed by atoms with Crippen LogP contribution in [-0.2, 0) is 9.47 Å². The van der Waals surface area contributed by atoms with E-state index in [2.05, 4.69) is 4.90 Å². The predicted octanol–water partition coefficient (Wildman–Crippen LogP) is 3.23. The van der Waals surface area contributed by atoms with Gasteiger partial charge in [-0.25, -0.2) is 9.59 Å². The molecule has 1 fully saturated rings. The zero-order chi connectivity index (χ0) is 18.6. The standard InChI is InChI=1S/C19H28N2O4/c1-6-24-17(22)16-13-15(8-7-14(16)2)20-9-11-21(12-10-20)18(23)25-19(3,4)5/h7-8,13H,6,9-12H2,1-5H3. The molecule has 1 aliphatic heterocycles. The molecule has 25 heavy (non-hydrogen) atoms. The molecular weight excluding hydrogens is 320 g/mol. The van der Waals surface area contributed by atoms with Crippen molar-refractivity contribution in [1.29, 1.82) is 0 Å². The fraction of sp³-hybridized carbons (Fsp3) is 0.579. The number of hydrogen-bond donors (Lipinski definition) is 0. The van der Waals surface area contributed by atoms with Crippen molar-refractivity contribution in [2.45, 2.75) is 40.2 Å². The Morgan fingerprint density at radius 1 is 1.12 bits per heavy atom. The summed E-state index contributed by atoms with van der Waals surface area (Å²) in [5.74, 6) is -0.297. The number of benzene rings is 1. The number of piperazine rings is 1. The number of esters is 1. The van der Waals surface area contributed by atoms with Crippen LogP contribution in [0.25, 0.3) is 0 Å². The van der Waals surface area contributed by atoms with Crippen LogP contribution in [0.2, 0.25) is 0 Å². The smallest absolute Gasteiger partial charge is 0.410 e. The quantitative estimate of drug-likeness (QED) is 0.785. The number of ether oxygens (including phenoxy) is 2. The number of hydrogen-bond acceptors (Lipinski definition) is 5. The molecule has 0 saturated carbocycles. The average Bonchev–Trinajstić information content (AvgIpc) is 2.54. The molecule has 6 heteroatoms. The molecule has 1 saturated heterocycles. The van der Waals surface area contributed by atoms with Crippen molar-refractivity contribution in [1.82, 2.24) is 4.90 Å². The highest BCUT2D eigenvalue weighted by atomic mass is 16.6. The first kappa shape index (κ1) is 19.1. The van der Waals surface area contributed by atoms with Crippen LogP contribution in [0.3, 0.4) is 0 Å². The molecule has 0 aliphatic carbocycles. The molecule has 0 atom stereocenters. The van der Waals surface area contributed by atoms with Crippen LogP contribution in [0.4, 0.5) is 10.5 Å². The Hall–Kier alpha value is -2.24. The molecule has 1 aliphatic rings. The van der Waals surface area contributed by atoms with Crippen LogP contribution in [0, 0.1) is 6.92 Å². The molecule has 0 radical (unpaired) electrons. The molecule has 0 bridgehead atoms. The monoisotopic (exact) mass is 348 g/mol. The first-order valence-electron chi connectivity index (χ1n) is 8.72. The summed E-state index contributed by atoms with van der Waals surface area (Å²) in [6.45, 7) is 12.2. The van der Waals surface area contributed by atoms with Gasteiger partial charge in [0.1, 0.15) is 5.60 Å². The normalized spacial score (nSPS) is 15.1. The Morgan fingerprint density at radius 2 is 1.76 bits per heavy atom. The second-order valence-electron chi connectivity index (χ2n) is 7.17. The van der Waals surface area contributed by atoms with Crippen LogP contribution >= 0.6 is 0 Å². The zero-order valence-corrected chi connectivity index (χ0v) is 15.8. The minimum absolute atomic E-state index is 0.275. The summed E-state index contributed by atoms with van der Waals surface area (Å²) in [6, 6.07) is 5.81. The van der Waals surface area contributed by atoms with Gasteiger partial charge >= 0.3 is 12.1 Å². The Labute approximate surface area is 149 Å². The van der Waals surface area contributed by atoms with Crippen molar-refractivity contribution in [3.05, 3.63) is 29.3 Å². The van der Waals surface area contributed by atoms with Gasteiger partial charge in [0, 0.05) is 31.9 Å². The van der Waals surface area contributed by atoms with Gasteiger partial charge < -0.3 is 19.3 Å². The largest absolute Gasteiger partial charge is 0.462 e. The number of nitrogens with zero attached hydrogens (tertiary/aromatic N) is 2. The Morgan fingerprint density at radius 3 is 2.32 bits per heavy atom. The summed E-state index contributed by atoms with van der Waals surface area (Å²) in [5.41, 5.74) is 1.97. The van der Waals surface area contributed by atoms with E-state index in [1.165, 1.54) is 0 Å². The summed E-state index contributed by atoms with van der Waals surface area (Å²) in [6.07, 6.45) is -0.275. The van der Waals surface area contributed by atoms with Crippen LogP contribution in [0.1, 0.15) is 43.6 Å². The Bertz CT molecular complexity index is 629. The van der Waals surface area contributed by atoms with Crippen molar-refractivity contribution < 1.29 is 19.1 Å². The molecule has 0 aromatic heterocycles. The van der Waals surface area contributed by atoms with Crippen LogP contribution < -0.4 is 4.90 Å². The topological polar surface area (TPSA) is 59.1 Å². The van der Waals surface area contributed by atoms with E-state index in [9.17, 15) is 9.59 Å². The summed E-state index contributed by atoms with van der Waals surface area (Å²) >= 11 is 0. The van der Waals surface area contributed by atoms with E-state index in [0.29, 0.717) is 38.3 Å². The van der Waals surface area contributed by atoms with Gasteiger partial charge in [0.05, 0.1) is 12.2 Å². The van der Waals surface area contributed by atoms with Crippen LogP contribution in [0.15, 0.2) is 18.2 Å². The van der Waals surface area contributed by atoms with Gasteiger partial charge in [0.2, 0.25) is 0 Å². The molecule has 1 heterocycles. The SMILES string of the molecule is CCOC(=O)c1cc(N2CCN(C(=O)OC(C)(C)C)CC2)ccc1C. The van der Waals surface area contributed by atoms with Crippen molar-refractivity contribution in [2.75, 3.05) is 37.7 Å². The van der Waals surface area contributed by atoms with Gasteiger partial charge in [-0.15, -0.1) is 0 Å². The third kappa shape index (κ3) is 5.11. The van der Waals surface area contributed by atoms with Gasteiger partial charge in [-0.3, -0.25) is 0 Å². The fourth-order valence-electron chi connectivity index (χ4n) is 2.71. The summed E-state index contributed by atoms with van der Waals surface area (Å²) in [5, 5.41) is 0. The molecule has 0 N–H and O–H groups in total. The number of amides is 1. The summed E-state index contributed by atoms with van der Waals surface area (Å²) in [7, 11) is 0. The lowest BCUT2D eigenvalue weighted by Crippen LogP contribution is -2.50. The predicted molar refractivity (Wildman–Crippen MR) is 97.2 cm³/mol. The molecule has 6 nitrogen and oxygen atoms in total. The van der Waals surface area contributed by atoms with Crippen molar-refractivity contribution in [3.8, 4) is 0 Å². The van der Waals surface area contributed by atoms with Crippen molar-refractivity contribution >= 4 is 17.7 Å². The van der Waals surface area contributed by atoms with E-state index in [-0.39, 0.29) is 12.1 Å². The molecule has 2 rings (SSSR count). The molecule has 1 aromatic carbocycles. The number of aryl methyl sites for hydroxylation is 1. The molecule has 1 aromatic rings. The summed E-state index contributed by atoms with van der Waals surface area (Å²) < 4.78 is 10.5. The highest BCUT2D eigenvalue weighted by molar-refractivity contribution is 5.92. The highest BCUT2D eigenvalue weighted by Gasteiger charge is 2.26. The zero-order valence-electron chi connectivity index (χ0n) is 15.8. The van der Waals surface area contributed by atoms with Gasteiger partial charge in [0.25, 0.3) is 0 Å². The van der Waals surface area contributed by atoms with E-state index in [1.54, 1.807) is 11.8 Å². The molecule has 138 valence electrons. The number of rotatable bonds is 3. The molecular formula is C19H28N2O4. The second-order valence-corrected chi connectivity index (χ2v) is 7.17. The molecule has 1 amide bonds. The first-order valence-corrected chi connectivity index (χ1v) is 8.72. The summed E-state index contributed by atoms with van der Waals surface area (Å²) in [4.78, 5) is 28.1. The van der Waals surface area contributed by atoms with E-state index >= 15 is 0 Å². The first-order chi connectivity index (χ1) is 11.7. The number of carbonyl (C=O) groups is 2. The van der Waals surface area contributed by atoms with Gasteiger partial charge in [-0.1, -0.05) is 6.07 Å². The van der Waals surface area contributed by atoms with Gasteiger partial charge in [-0.2, -0.15) is 0 Å². The lowest BCUT2D eigenvalue weighted by molar-refractivity contribution is 0.0240. The van der Waals surface area contributed by atoms with Gasteiger partial charge in [-0.05, 0) is 52.3 Å².